The third kappa shape index (κ3) is 4.14. The van der Waals surface area contributed by atoms with Crippen LogP contribution in [0.15, 0.2) is 36.5 Å². The summed E-state index contributed by atoms with van der Waals surface area (Å²) < 4.78 is 0. The van der Waals surface area contributed by atoms with E-state index in [-0.39, 0.29) is 24.0 Å². The summed E-state index contributed by atoms with van der Waals surface area (Å²) >= 11 is 0. The predicted octanol–water partition coefficient (Wildman–Crippen LogP) is 3.04. The van der Waals surface area contributed by atoms with Crippen molar-refractivity contribution >= 4 is 16.8 Å². The second-order valence-corrected chi connectivity index (χ2v) is 8.25. The summed E-state index contributed by atoms with van der Waals surface area (Å²) in [5.74, 6) is 0.327. The second-order valence-electron chi connectivity index (χ2n) is 8.25. The molecule has 27 heavy (non-hydrogen) atoms. The molecule has 2 aliphatic carbocycles. The molecule has 0 spiro atoms. The van der Waals surface area contributed by atoms with Gasteiger partial charge in [0.25, 0.3) is 0 Å². The molecule has 144 valence electrons. The van der Waals surface area contributed by atoms with Crippen molar-refractivity contribution < 1.29 is 9.90 Å². The van der Waals surface area contributed by atoms with E-state index in [1.165, 1.54) is 25.7 Å². The van der Waals surface area contributed by atoms with Crippen LogP contribution in [-0.4, -0.2) is 46.6 Å². The third-order valence-electron chi connectivity index (χ3n) is 6.25. The van der Waals surface area contributed by atoms with Gasteiger partial charge in [-0.05, 0) is 56.3 Å². The van der Waals surface area contributed by atoms with Crippen molar-refractivity contribution in [2.24, 2.45) is 5.92 Å². The summed E-state index contributed by atoms with van der Waals surface area (Å²) in [6, 6.07) is 10.6. The number of fused-ring (bicyclic) bond motifs is 1. The Morgan fingerprint density at radius 1 is 1.30 bits per heavy atom. The van der Waals surface area contributed by atoms with Crippen molar-refractivity contribution in [1.82, 2.24) is 15.2 Å². The number of nitrogens with one attached hydrogen (secondary N) is 1. The van der Waals surface area contributed by atoms with E-state index in [2.05, 4.69) is 28.3 Å². The van der Waals surface area contributed by atoms with Crippen molar-refractivity contribution in [3.05, 3.63) is 42.1 Å². The molecule has 1 aromatic carbocycles. The molecule has 1 aromatic heterocycles. The molecule has 0 bridgehead atoms. The van der Waals surface area contributed by atoms with E-state index in [4.69, 9.17) is 0 Å². The van der Waals surface area contributed by atoms with Gasteiger partial charge in [-0.25, -0.2) is 0 Å². The standard InChI is InChI=1S/C22H29N3O2/c1-25(18-7-3-4-8-18)14-21(27)24-22(16-11-19(26)12-16)17-10-15-6-2-5-9-20(15)23-13-17/h2,5-6,9-10,13,16,18-19,22,26H,3-4,7-8,11-12,14H2,1H3,(H,24,27)/t16?,19?,22-/m1/s1. The third-order valence-corrected chi connectivity index (χ3v) is 6.25. The SMILES string of the molecule is CN(CC(=O)N[C@@H](c1cnc2ccccc2c1)C1CC(O)C1)C1CCCC1. The molecule has 5 heteroatoms. The number of aromatic nitrogens is 1. The fourth-order valence-corrected chi connectivity index (χ4v) is 4.55. The van der Waals surface area contributed by atoms with Crippen LogP contribution in [0.2, 0.25) is 0 Å². The van der Waals surface area contributed by atoms with E-state index in [1.807, 2.05) is 30.5 Å². The largest absolute Gasteiger partial charge is 0.393 e. The monoisotopic (exact) mass is 367 g/mol. The average Bonchev–Trinajstić information content (AvgIpc) is 3.18. The minimum atomic E-state index is -0.246. The summed E-state index contributed by atoms with van der Waals surface area (Å²) in [4.78, 5) is 19.5. The van der Waals surface area contributed by atoms with E-state index < -0.39 is 0 Å². The summed E-state index contributed by atoms with van der Waals surface area (Å²) in [6.45, 7) is 0.428. The van der Waals surface area contributed by atoms with Gasteiger partial charge in [0, 0.05) is 17.6 Å². The highest BCUT2D eigenvalue weighted by Gasteiger charge is 2.36. The lowest BCUT2D eigenvalue weighted by atomic mass is 9.75. The van der Waals surface area contributed by atoms with Crippen LogP contribution in [0.1, 0.15) is 50.1 Å². The summed E-state index contributed by atoms with van der Waals surface area (Å²) in [6.07, 6.45) is 8.01. The molecule has 0 saturated heterocycles. The Hall–Kier alpha value is -1.98. The number of aliphatic hydroxyl groups excluding tert-OH is 1. The molecule has 1 atom stereocenters. The number of benzene rings is 1. The zero-order valence-corrected chi connectivity index (χ0v) is 16.0. The van der Waals surface area contributed by atoms with Crippen LogP contribution in [0, 0.1) is 5.92 Å². The lowest BCUT2D eigenvalue weighted by molar-refractivity contribution is -0.124. The molecule has 2 N–H and O–H groups in total. The Bertz CT molecular complexity index is 797. The van der Waals surface area contributed by atoms with E-state index >= 15 is 0 Å². The molecule has 0 aliphatic heterocycles. The van der Waals surface area contributed by atoms with Crippen LogP contribution < -0.4 is 5.32 Å². The molecule has 0 unspecified atom stereocenters. The predicted molar refractivity (Wildman–Crippen MR) is 106 cm³/mol. The van der Waals surface area contributed by atoms with Crippen molar-refractivity contribution in [2.75, 3.05) is 13.6 Å². The molecule has 1 amide bonds. The van der Waals surface area contributed by atoms with Gasteiger partial charge >= 0.3 is 0 Å². The fraction of sp³-hybridized carbons (Fsp3) is 0.545. The smallest absolute Gasteiger partial charge is 0.234 e. The van der Waals surface area contributed by atoms with E-state index in [1.54, 1.807) is 0 Å². The number of carbonyl (C=O) groups excluding carboxylic acids is 1. The summed E-state index contributed by atoms with van der Waals surface area (Å²) in [5.41, 5.74) is 1.99. The first-order chi connectivity index (χ1) is 13.1. The van der Waals surface area contributed by atoms with E-state index in [9.17, 15) is 9.90 Å². The zero-order valence-electron chi connectivity index (χ0n) is 16.0. The number of nitrogens with zero attached hydrogens (tertiary/aromatic N) is 2. The van der Waals surface area contributed by atoms with Gasteiger partial charge < -0.3 is 10.4 Å². The van der Waals surface area contributed by atoms with Crippen LogP contribution in [0.5, 0.6) is 0 Å². The minimum absolute atomic E-state index is 0.0592. The summed E-state index contributed by atoms with van der Waals surface area (Å²) in [7, 11) is 2.05. The van der Waals surface area contributed by atoms with Gasteiger partial charge in [-0.3, -0.25) is 14.7 Å². The number of amides is 1. The molecular formula is C22H29N3O2. The Balaban J connectivity index is 1.49. The first kappa shape index (κ1) is 18.4. The number of aliphatic hydroxyl groups is 1. The quantitative estimate of drug-likeness (QED) is 0.824. The normalized spacial score (nSPS) is 24.1. The van der Waals surface area contributed by atoms with Crippen LogP contribution in [-0.2, 0) is 4.79 Å². The van der Waals surface area contributed by atoms with E-state index in [0.717, 1.165) is 29.3 Å². The van der Waals surface area contributed by atoms with Crippen LogP contribution in [0.4, 0.5) is 0 Å². The first-order valence-corrected chi connectivity index (χ1v) is 10.1. The van der Waals surface area contributed by atoms with Crippen molar-refractivity contribution in [1.29, 1.82) is 0 Å². The van der Waals surface area contributed by atoms with Gasteiger partial charge in [-0.1, -0.05) is 31.0 Å². The maximum Gasteiger partial charge on any atom is 0.234 e. The lowest BCUT2D eigenvalue weighted by Gasteiger charge is -2.38. The van der Waals surface area contributed by atoms with Crippen LogP contribution in [0.3, 0.4) is 0 Å². The van der Waals surface area contributed by atoms with Gasteiger partial charge in [-0.2, -0.15) is 0 Å². The van der Waals surface area contributed by atoms with Gasteiger partial charge in [-0.15, -0.1) is 0 Å². The highest BCUT2D eigenvalue weighted by Crippen LogP contribution is 2.38. The van der Waals surface area contributed by atoms with Gasteiger partial charge in [0.2, 0.25) is 5.91 Å². The van der Waals surface area contributed by atoms with Gasteiger partial charge in [0.05, 0.1) is 24.2 Å². The van der Waals surface area contributed by atoms with Gasteiger partial charge in [0.15, 0.2) is 0 Å². The number of hydrogen-bond donors (Lipinski definition) is 2. The molecule has 1 heterocycles. The highest BCUT2D eigenvalue weighted by molar-refractivity contribution is 5.80. The number of hydrogen-bond acceptors (Lipinski definition) is 4. The number of pyridine rings is 1. The Kier molecular flexibility index (Phi) is 5.41. The lowest BCUT2D eigenvalue weighted by Crippen LogP contribution is -2.45. The summed E-state index contributed by atoms with van der Waals surface area (Å²) in [5, 5.41) is 14.1. The molecule has 2 aliphatic rings. The Labute approximate surface area is 160 Å². The number of rotatable bonds is 6. The molecule has 4 rings (SSSR count). The van der Waals surface area contributed by atoms with Crippen molar-refractivity contribution in [3.8, 4) is 0 Å². The number of likely N-dealkylation sites (N-methyl/N-ethyl adjacent to an activating group) is 1. The Morgan fingerprint density at radius 2 is 2.04 bits per heavy atom. The first-order valence-electron chi connectivity index (χ1n) is 10.1. The highest BCUT2D eigenvalue weighted by atomic mass is 16.3. The topological polar surface area (TPSA) is 65.5 Å². The Morgan fingerprint density at radius 3 is 2.78 bits per heavy atom. The van der Waals surface area contributed by atoms with E-state index in [0.29, 0.717) is 12.6 Å². The van der Waals surface area contributed by atoms with Crippen molar-refractivity contribution in [3.63, 3.8) is 0 Å². The molecule has 0 radical (unpaired) electrons. The maximum atomic E-state index is 12.7. The van der Waals surface area contributed by atoms with Gasteiger partial charge in [0.1, 0.15) is 0 Å². The van der Waals surface area contributed by atoms with Crippen LogP contribution >= 0.6 is 0 Å². The zero-order chi connectivity index (χ0) is 18.8. The molecule has 5 nitrogen and oxygen atoms in total. The molecule has 2 aromatic rings. The van der Waals surface area contributed by atoms with Crippen LogP contribution in [0.25, 0.3) is 10.9 Å². The molecule has 2 fully saturated rings. The fourth-order valence-electron chi connectivity index (χ4n) is 4.55. The number of carbonyl (C=O) groups is 1. The molecular weight excluding hydrogens is 338 g/mol. The van der Waals surface area contributed by atoms with Crippen molar-refractivity contribution in [2.45, 2.75) is 56.7 Å². The number of para-hydroxylation sites is 1. The second kappa shape index (κ2) is 7.95. The molecule has 2 saturated carbocycles. The average molecular weight is 367 g/mol. The minimum Gasteiger partial charge on any atom is -0.393 e. The maximum absolute atomic E-state index is 12.7.